The lowest BCUT2D eigenvalue weighted by Crippen LogP contribution is -1.83. The van der Waals surface area contributed by atoms with E-state index in [9.17, 15) is 0 Å². The minimum atomic E-state index is 0.845. The summed E-state index contributed by atoms with van der Waals surface area (Å²) in [6.07, 6.45) is 2.52. The average molecular weight is 126 g/mol. The van der Waals surface area contributed by atoms with Crippen LogP contribution in [0.2, 0.25) is 0 Å². The van der Waals surface area contributed by atoms with E-state index in [4.69, 9.17) is 9.15 Å². The van der Waals surface area contributed by atoms with Gasteiger partial charge in [-0.15, -0.1) is 0 Å². The van der Waals surface area contributed by atoms with Crippen molar-refractivity contribution in [3.63, 3.8) is 0 Å². The molecule has 0 saturated carbocycles. The molecule has 50 valence electrons. The minimum Gasteiger partial charge on any atom is -0.493 e. The number of methoxy groups -OCH3 is 1. The lowest BCUT2D eigenvalue weighted by atomic mass is 10.3. The summed E-state index contributed by atoms with van der Waals surface area (Å²) in [4.78, 5) is 0. The standard InChI is InChI=1S/C7H10O2/c1-3-6-7(8-2)4-5-9-6/h4-5H,3H2,1-2H3. The van der Waals surface area contributed by atoms with Gasteiger partial charge < -0.3 is 9.15 Å². The molecule has 0 aliphatic heterocycles. The normalized spacial score (nSPS) is 9.56. The van der Waals surface area contributed by atoms with E-state index in [-0.39, 0.29) is 0 Å². The van der Waals surface area contributed by atoms with Crippen LogP contribution in [0.25, 0.3) is 0 Å². The van der Waals surface area contributed by atoms with Gasteiger partial charge in [0.2, 0.25) is 0 Å². The predicted octanol–water partition coefficient (Wildman–Crippen LogP) is 1.85. The summed E-state index contributed by atoms with van der Waals surface area (Å²) in [6, 6.07) is 1.82. The molecule has 0 atom stereocenters. The fourth-order valence-electron chi connectivity index (χ4n) is 0.768. The maximum atomic E-state index is 5.08. The number of hydrogen-bond donors (Lipinski definition) is 0. The van der Waals surface area contributed by atoms with E-state index < -0.39 is 0 Å². The van der Waals surface area contributed by atoms with Gasteiger partial charge in [0.1, 0.15) is 5.76 Å². The van der Waals surface area contributed by atoms with E-state index in [1.807, 2.05) is 13.0 Å². The first-order chi connectivity index (χ1) is 4.38. The van der Waals surface area contributed by atoms with Crippen molar-refractivity contribution in [3.05, 3.63) is 18.1 Å². The summed E-state index contributed by atoms with van der Waals surface area (Å²) in [5, 5.41) is 0. The zero-order valence-corrected chi connectivity index (χ0v) is 5.68. The Morgan fingerprint density at radius 1 is 1.67 bits per heavy atom. The Morgan fingerprint density at radius 2 is 2.44 bits per heavy atom. The first-order valence-electron chi connectivity index (χ1n) is 2.98. The van der Waals surface area contributed by atoms with Gasteiger partial charge in [-0.05, 0) is 0 Å². The molecule has 0 fully saturated rings. The van der Waals surface area contributed by atoms with Crippen LogP contribution in [0, 0.1) is 0 Å². The lowest BCUT2D eigenvalue weighted by molar-refractivity contribution is 0.392. The molecular weight excluding hydrogens is 116 g/mol. The van der Waals surface area contributed by atoms with Crippen molar-refractivity contribution in [1.82, 2.24) is 0 Å². The van der Waals surface area contributed by atoms with Crippen molar-refractivity contribution in [3.8, 4) is 5.75 Å². The highest BCUT2D eigenvalue weighted by molar-refractivity contribution is 5.23. The minimum absolute atomic E-state index is 0.845. The number of furan rings is 1. The van der Waals surface area contributed by atoms with Gasteiger partial charge in [-0.25, -0.2) is 0 Å². The van der Waals surface area contributed by atoms with E-state index in [2.05, 4.69) is 0 Å². The summed E-state index contributed by atoms with van der Waals surface area (Å²) >= 11 is 0. The maximum absolute atomic E-state index is 5.08. The molecule has 0 radical (unpaired) electrons. The van der Waals surface area contributed by atoms with Gasteiger partial charge in [-0.2, -0.15) is 0 Å². The SMILES string of the molecule is CCc1occc1OC. The fraction of sp³-hybridized carbons (Fsp3) is 0.429. The number of aryl methyl sites for hydroxylation is 1. The first-order valence-corrected chi connectivity index (χ1v) is 2.98. The molecule has 0 unspecified atom stereocenters. The summed E-state index contributed by atoms with van der Waals surface area (Å²) in [6.45, 7) is 2.03. The molecule has 0 aliphatic carbocycles. The highest BCUT2D eigenvalue weighted by Crippen LogP contribution is 2.18. The molecule has 1 aromatic heterocycles. The van der Waals surface area contributed by atoms with Crippen molar-refractivity contribution in [2.24, 2.45) is 0 Å². The second kappa shape index (κ2) is 2.58. The third-order valence-corrected chi connectivity index (χ3v) is 1.25. The zero-order valence-electron chi connectivity index (χ0n) is 5.68. The summed E-state index contributed by atoms with van der Waals surface area (Å²) in [5.41, 5.74) is 0. The largest absolute Gasteiger partial charge is 0.493 e. The quantitative estimate of drug-likeness (QED) is 0.603. The molecule has 0 spiro atoms. The second-order valence-corrected chi connectivity index (χ2v) is 1.77. The van der Waals surface area contributed by atoms with E-state index in [0.717, 1.165) is 17.9 Å². The summed E-state index contributed by atoms with van der Waals surface area (Å²) in [5.74, 6) is 1.76. The Kier molecular flexibility index (Phi) is 1.78. The summed E-state index contributed by atoms with van der Waals surface area (Å²) < 4.78 is 10.1. The molecule has 0 amide bonds. The van der Waals surface area contributed by atoms with Crippen LogP contribution >= 0.6 is 0 Å². The van der Waals surface area contributed by atoms with Gasteiger partial charge in [0, 0.05) is 12.5 Å². The number of ether oxygens (including phenoxy) is 1. The Hall–Kier alpha value is -0.920. The van der Waals surface area contributed by atoms with Gasteiger partial charge in [-0.1, -0.05) is 6.92 Å². The monoisotopic (exact) mass is 126 g/mol. The van der Waals surface area contributed by atoms with Crippen LogP contribution in [0.3, 0.4) is 0 Å². The highest BCUT2D eigenvalue weighted by Gasteiger charge is 2.00. The first kappa shape index (κ1) is 6.20. The van der Waals surface area contributed by atoms with Crippen molar-refractivity contribution in [2.75, 3.05) is 7.11 Å². The van der Waals surface area contributed by atoms with Crippen molar-refractivity contribution >= 4 is 0 Å². The lowest BCUT2D eigenvalue weighted by Gasteiger charge is -1.94. The number of rotatable bonds is 2. The van der Waals surface area contributed by atoms with E-state index in [1.165, 1.54) is 0 Å². The van der Waals surface area contributed by atoms with Gasteiger partial charge in [0.05, 0.1) is 13.4 Å². The van der Waals surface area contributed by atoms with Crippen LogP contribution in [0.4, 0.5) is 0 Å². The third-order valence-electron chi connectivity index (χ3n) is 1.25. The van der Waals surface area contributed by atoms with E-state index in [0.29, 0.717) is 0 Å². The van der Waals surface area contributed by atoms with Crippen LogP contribution in [0.15, 0.2) is 16.7 Å². The molecule has 0 saturated heterocycles. The van der Waals surface area contributed by atoms with Gasteiger partial charge in [-0.3, -0.25) is 0 Å². The molecule has 0 N–H and O–H groups in total. The summed E-state index contributed by atoms with van der Waals surface area (Å²) in [7, 11) is 1.64. The van der Waals surface area contributed by atoms with Crippen LogP contribution in [0.1, 0.15) is 12.7 Å². The van der Waals surface area contributed by atoms with Gasteiger partial charge in [0.25, 0.3) is 0 Å². The topological polar surface area (TPSA) is 22.4 Å². The molecule has 1 aromatic rings. The Balaban J connectivity index is 2.85. The number of hydrogen-bond acceptors (Lipinski definition) is 2. The second-order valence-electron chi connectivity index (χ2n) is 1.77. The van der Waals surface area contributed by atoms with Crippen LogP contribution in [0.5, 0.6) is 5.75 Å². The van der Waals surface area contributed by atoms with E-state index >= 15 is 0 Å². The molecule has 0 aromatic carbocycles. The molecular formula is C7H10O2. The van der Waals surface area contributed by atoms with Crippen molar-refractivity contribution < 1.29 is 9.15 Å². The molecule has 1 rings (SSSR count). The Morgan fingerprint density at radius 3 is 2.89 bits per heavy atom. The third kappa shape index (κ3) is 1.07. The zero-order chi connectivity index (χ0) is 6.69. The average Bonchev–Trinajstić information content (AvgIpc) is 2.33. The van der Waals surface area contributed by atoms with Gasteiger partial charge >= 0.3 is 0 Å². The fourth-order valence-corrected chi connectivity index (χ4v) is 0.768. The van der Waals surface area contributed by atoms with Crippen molar-refractivity contribution in [2.45, 2.75) is 13.3 Å². The molecule has 0 aliphatic rings. The molecule has 1 heterocycles. The molecule has 0 bridgehead atoms. The van der Waals surface area contributed by atoms with Crippen LogP contribution in [-0.2, 0) is 6.42 Å². The highest BCUT2D eigenvalue weighted by atomic mass is 16.5. The van der Waals surface area contributed by atoms with E-state index in [1.54, 1.807) is 13.4 Å². The molecule has 9 heavy (non-hydrogen) atoms. The molecule has 2 nitrogen and oxygen atoms in total. The van der Waals surface area contributed by atoms with Crippen LogP contribution < -0.4 is 4.74 Å². The van der Waals surface area contributed by atoms with Crippen molar-refractivity contribution in [1.29, 1.82) is 0 Å². The maximum Gasteiger partial charge on any atom is 0.160 e. The van der Waals surface area contributed by atoms with Crippen LogP contribution in [-0.4, -0.2) is 7.11 Å². The molecule has 2 heteroatoms. The Labute approximate surface area is 54.4 Å². The predicted molar refractivity (Wildman–Crippen MR) is 34.6 cm³/mol. The smallest absolute Gasteiger partial charge is 0.160 e. The van der Waals surface area contributed by atoms with Gasteiger partial charge in [0.15, 0.2) is 5.75 Å². The Bertz CT molecular complexity index is 160.